The van der Waals surface area contributed by atoms with Crippen LogP contribution in [-0.4, -0.2) is 28.4 Å². The van der Waals surface area contributed by atoms with Gasteiger partial charge < -0.3 is 10.1 Å². The van der Waals surface area contributed by atoms with E-state index in [1.165, 1.54) is 10.1 Å². The number of aromatic nitrogens is 2. The van der Waals surface area contributed by atoms with Crippen LogP contribution in [0.4, 0.5) is 0 Å². The molecule has 0 spiro atoms. The lowest BCUT2D eigenvalue weighted by molar-refractivity contribution is -0.121. The maximum Gasteiger partial charge on any atom is 0.329 e. The molecule has 0 aliphatic heterocycles. The van der Waals surface area contributed by atoms with E-state index in [-0.39, 0.29) is 18.0 Å². The lowest BCUT2D eigenvalue weighted by Gasteiger charge is -2.16. The summed E-state index contributed by atoms with van der Waals surface area (Å²) in [5, 5.41) is 2.55. The van der Waals surface area contributed by atoms with E-state index in [9.17, 15) is 14.4 Å². The van der Waals surface area contributed by atoms with Crippen LogP contribution in [0.2, 0.25) is 0 Å². The van der Waals surface area contributed by atoms with E-state index in [0.717, 1.165) is 43.0 Å². The Bertz CT molecular complexity index is 844. The smallest absolute Gasteiger partial charge is 0.329 e. The monoisotopic (exact) mass is 373 g/mol. The first-order valence-corrected chi connectivity index (χ1v) is 9.85. The summed E-state index contributed by atoms with van der Waals surface area (Å²) in [5.41, 5.74) is 2.60. The highest BCUT2D eigenvalue weighted by molar-refractivity contribution is 5.79. The second-order valence-corrected chi connectivity index (χ2v) is 7.15. The molecular weight excluding hydrogens is 342 g/mol. The number of fused-ring (bicyclic) bond motifs is 1. The quantitative estimate of drug-likeness (QED) is 0.650. The number of hydrogen-bond acceptors (Lipinski definition) is 3. The Morgan fingerprint density at radius 3 is 2.37 bits per heavy atom. The van der Waals surface area contributed by atoms with Crippen molar-refractivity contribution in [1.82, 2.24) is 14.5 Å². The minimum absolute atomic E-state index is 0.139. The average Bonchev–Trinajstić information content (AvgIpc) is 2.93. The molecule has 0 bridgehead atoms. The van der Waals surface area contributed by atoms with Crippen molar-refractivity contribution in [3.8, 4) is 0 Å². The lowest BCUT2D eigenvalue weighted by Crippen LogP contribution is -2.28. The lowest BCUT2D eigenvalue weighted by atomic mass is 9.90. The van der Waals surface area contributed by atoms with Gasteiger partial charge in [-0.15, -0.1) is 0 Å². The van der Waals surface area contributed by atoms with Crippen LogP contribution in [0.1, 0.15) is 69.9 Å². The number of carbonyl (C=O) groups is 2. The molecule has 6 nitrogen and oxygen atoms in total. The number of nitrogens with zero attached hydrogens (tertiary/aromatic N) is 2. The summed E-state index contributed by atoms with van der Waals surface area (Å²) in [6.07, 6.45) is 5.75. The number of carbonyl (C=O) groups excluding carboxylic acids is 2. The Kier molecular flexibility index (Phi) is 7.39. The minimum atomic E-state index is -0.647. The number of amides is 1. The summed E-state index contributed by atoms with van der Waals surface area (Å²) in [7, 11) is 3.30. The van der Waals surface area contributed by atoms with Gasteiger partial charge in [0.2, 0.25) is 5.91 Å². The average molecular weight is 373 g/mol. The second kappa shape index (κ2) is 9.53. The summed E-state index contributed by atoms with van der Waals surface area (Å²) in [4.78, 5) is 36.0. The molecule has 1 aromatic heterocycles. The number of rotatable bonds is 10. The molecule has 148 valence electrons. The van der Waals surface area contributed by atoms with Crippen LogP contribution >= 0.6 is 0 Å². The molecule has 6 heteroatoms. The molecule has 1 heterocycles. The van der Waals surface area contributed by atoms with Crippen LogP contribution in [0.5, 0.6) is 0 Å². The maximum absolute atomic E-state index is 12.8. The summed E-state index contributed by atoms with van der Waals surface area (Å²) in [5.74, 6) is 0.345. The molecule has 1 N–H and O–H groups in total. The van der Waals surface area contributed by atoms with Crippen LogP contribution in [0.15, 0.2) is 23.0 Å². The van der Waals surface area contributed by atoms with Crippen molar-refractivity contribution in [2.45, 2.75) is 64.3 Å². The Labute approximate surface area is 160 Å². The van der Waals surface area contributed by atoms with Crippen molar-refractivity contribution in [3.05, 3.63) is 34.2 Å². The van der Waals surface area contributed by atoms with Gasteiger partial charge >= 0.3 is 5.69 Å². The third-order valence-electron chi connectivity index (χ3n) is 5.29. The van der Waals surface area contributed by atoms with Crippen molar-refractivity contribution < 1.29 is 9.59 Å². The molecule has 1 aromatic carbocycles. The fraction of sp³-hybridized carbons (Fsp3) is 0.571. The molecule has 0 aliphatic carbocycles. The van der Waals surface area contributed by atoms with Crippen LogP contribution in [0, 0.1) is 0 Å². The van der Waals surface area contributed by atoms with Crippen LogP contribution in [-0.2, 0) is 16.6 Å². The Morgan fingerprint density at radius 2 is 1.81 bits per heavy atom. The number of nitrogens with one attached hydrogen (secondary N) is 1. The molecule has 0 saturated heterocycles. The fourth-order valence-electron chi connectivity index (χ4n) is 3.79. The molecule has 2 aromatic rings. The van der Waals surface area contributed by atoms with E-state index < -0.39 is 6.04 Å². The van der Waals surface area contributed by atoms with Gasteiger partial charge in [0.15, 0.2) is 0 Å². The topological polar surface area (TPSA) is 73.1 Å². The van der Waals surface area contributed by atoms with Crippen LogP contribution < -0.4 is 11.0 Å². The van der Waals surface area contributed by atoms with E-state index in [4.69, 9.17) is 0 Å². The largest absolute Gasteiger partial charge is 0.359 e. The molecule has 1 unspecified atom stereocenters. The van der Waals surface area contributed by atoms with Gasteiger partial charge in [-0.05, 0) is 42.9 Å². The second-order valence-electron chi connectivity index (χ2n) is 7.15. The number of aldehydes is 1. The summed E-state index contributed by atoms with van der Waals surface area (Å²) in [6, 6.07) is 5.46. The molecule has 0 saturated carbocycles. The van der Waals surface area contributed by atoms with Gasteiger partial charge in [-0.1, -0.05) is 32.8 Å². The first-order valence-electron chi connectivity index (χ1n) is 9.85. The van der Waals surface area contributed by atoms with Crippen LogP contribution in [0.3, 0.4) is 0 Å². The predicted molar refractivity (Wildman–Crippen MR) is 108 cm³/mol. The Hall–Kier alpha value is -2.37. The molecular formula is C21H31N3O3. The molecule has 1 atom stereocenters. The van der Waals surface area contributed by atoms with Gasteiger partial charge in [0.25, 0.3) is 0 Å². The summed E-state index contributed by atoms with van der Waals surface area (Å²) < 4.78 is 3.12. The fourth-order valence-corrected chi connectivity index (χ4v) is 3.79. The Morgan fingerprint density at radius 1 is 1.15 bits per heavy atom. The molecule has 1 amide bonds. The zero-order valence-corrected chi connectivity index (χ0v) is 16.8. The van der Waals surface area contributed by atoms with E-state index in [2.05, 4.69) is 31.3 Å². The standard InChI is InChI=1S/C21H31N3O3/c1-5-7-15(8-6-2)16-9-11-18-19(13-16)23(4)21(27)24(18)17(14-25)10-12-20(26)22-3/h9,11,13-15,17H,5-8,10,12H2,1-4H3,(H,22,26). The SMILES string of the molecule is CCCC(CCC)c1ccc2c(c1)n(C)c(=O)n2C(C=O)CCC(=O)NC. The van der Waals surface area contributed by atoms with Gasteiger partial charge in [0, 0.05) is 20.5 Å². The van der Waals surface area contributed by atoms with Gasteiger partial charge in [-0.2, -0.15) is 0 Å². The first kappa shape index (κ1) is 20.9. The van der Waals surface area contributed by atoms with Gasteiger partial charge in [-0.25, -0.2) is 4.79 Å². The van der Waals surface area contributed by atoms with E-state index in [1.807, 2.05) is 6.07 Å². The zero-order chi connectivity index (χ0) is 20.0. The molecule has 0 aliphatic rings. The van der Waals surface area contributed by atoms with Crippen molar-refractivity contribution in [2.75, 3.05) is 7.05 Å². The highest BCUT2D eigenvalue weighted by Gasteiger charge is 2.21. The highest BCUT2D eigenvalue weighted by Crippen LogP contribution is 2.29. The molecule has 0 fully saturated rings. The minimum Gasteiger partial charge on any atom is -0.359 e. The van der Waals surface area contributed by atoms with E-state index in [0.29, 0.717) is 12.3 Å². The molecule has 27 heavy (non-hydrogen) atoms. The first-order chi connectivity index (χ1) is 13.0. The van der Waals surface area contributed by atoms with Gasteiger partial charge in [0.05, 0.1) is 17.1 Å². The number of aryl methyl sites for hydroxylation is 1. The van der Waals surface area contributed by atoms with Gasteiger partial charge in [-0.3, -0.25) is 13.9 Å². The van der Waals surface area contributed by atoms with Crippen molar-refractivity contribution in [2.24, 2.45) is 7.05 Å². The van der Waals surface area contributed by atoms with Crippen molar-refractivity contribution in [1.29, 1.82) is 0 Å². The summed E-state index contributed by atoms with van der Waals surface area (Å²) in [6.45, 7) is 4.38. The number of imidazole rings is 1. The zero-order valence-electron chi connectivity index (χ0n) is 16.8. The van der Waals surface area contributed by atoms with Crippen LogP contribution in [0.25, 0.3) is 11.0 Å². The summed E-state index contributed by atoms with van der Waals surface area (Å²) >= 11 is 0. The Balaban J connectivity index is 2.47. The highest BCUT2D eigenvalue weighted by atomic mass is 16.2. The van der Waals surface area contributed by atoms with E-state index in [1.54, 1.807) is 18.7 Å². The number of benzene rings is 1. The van der Waals surface area contributed by atoms with Crippen molar-refractivity contribution in [3.63, 3.8) is 0 Å². The normalized spacial score (nSPS) is 12.5. The van der Waals surface area contributed by atoms with Crippen molar-refractivity contribution >= 4 is 23.2 Å². The third kappa shape index (κ3) is 4.49. The predicted octanol–water partition coefficient (Wildman–Crippen LogP) is 3.29. The third-order valence-corrected chi connectivity index (χ3v) is 5.29. The molecule has 2 rings (SSSR count). The van der Waals surface area contributed by atoms with E-state index >= 15 is 0 Å². The molecule has 0 radical (unpaired) electrons. The van der Waals surface area contributed by atoms with Gasteiger partial charge in [0.1, 0.15) is 6.29 Å². The number of hydrogen-bond donors (Lipinski definition) is 1. The maximum atomic E-state index is 12.8.